The van der Waals surface area contributed by atoms with Gasteiger partial charge in [0.05, 0.1) is 30.8 Å². The summed E-state index contributed by atoms with van der Waals surface area (Å²) in [6, 6.07) is 25.6. The largest absolute Gasteiger partial charge is 0.453 e. The van der Waals surface area contributed by atoms with Crippen molar-refractivity contribution in [2.45, 2.75) is 149 Å². The predicted molar refractivity (Wildman–Crippen MR) is 257 cm³/mol. The Labute approximate surface area is 382 Å². The van der Waals surface area contributed by atoms with Gasteiger partial charge in [0.1, 0.15) is 6.04 Å². The number of hydrogen-bond donors (Lipinski definition) is 2. The van der Waals surface area contributed by atoms with E-state index in [0.717, 1.165) is 27.6 Å². The number of carbonyl (C=O) groups excluding carboxylic acids is 3. The van der Waals surface area contributed by atoms with Gasteiger partial charge >= 0.3 is 6.09 Å². The molecule has 1 aliphatic carbocycles. The van der Waals surface area contributed by atoms with Gasteiger partial charge < -0.3 is 23.8 Å². The maximum atomic E-state index is 16.2. The second kappa shape index (κ2) is 19.0. The van der Waals surface area contributed by atoms with Crippen molar-refractivity contribution in [3.63, 3.8) is 0 Å². The number of alkyl carbamates (subject to hydrolysis) is 1. The summed E-state index contributed by atoms with van der Waals surface area (Å²) in [5.74, 6) is -0.329. The lowest BCUT2D eigenvalue weighted by molar-refractivity contribution is -0.142. The van der Waals surface area contributed by atoms with Crippen LogP contribution < -0.4 is 10.7 Å². The fourth-order valence-corrected chi connectivity index (χ4v) is 11.2. The van der Waals surface area contributed by atoms with E-state index in [-0.39, 0.29) is 34.0 Å². The average Bonchev–Trinajstić information content (AvgIpc) is 3.64. The van der Waals surface area contributed by atoms with Gasteiger partial charge in [-0.3, -0.25) is 15.0 Å². The van der Waals surface area contributed by atoms with Gasteiger partial charge in [-0.1, -0.05) is 145 Å². The summed E-state index contributed by atoms with van der Waals surface area (Å²) in [4.78, 5) is 45.1. The Bertz CT molecular complexity index is 2030. The molecule has 2 N–H and O–H groups in total. The van der Waals surface area contributed by atoms with Crippen LogP contribution in [0.4, 0.5) is 4.79 Å². The van der Waals surface area contributed by atoms with Crippen LogP contribution in [-0.4, -0.2) is 82.9 Å². The van der Waals surface area contributed by atoms with E-state index in [1.807, 2.05) is 68.2 Å². The van der Waals surface area contributed by atoms with Gasteiger partial charge in [-0.05, 0) is 88.9 Å². The van der Waals surface area contributed by atoms with Crippen LogP contribution in [0, 0.1) is 10.8 Å². The zero-order valence-corrected chi connectivity index (χ0v) is 43.4. The summed E-state index contributed by atoms with van der Waals surface area (Å²) >= 11 is 3.57. The summed E-state index contributed by atoms with van der Waals surface area (Å²) in [5.41, 5.74) is 5.92. The first kappa shape index (κ1) is 49.7. The number of carbonyl (C=O) groups is 3. The lowest BCUT2D eigenvalue weighted by Gasteiger charge is -2.43. The molecule has 1 fully saturated rings. The number of hydrogen-bond acceptors (Lipinski definition) is 7. The standard InChI is InChI=1S/C49H73BrN4O6Si2/c1-46(2,3)42(51-45(57)58-10)43(55)52-53(32-35-24-26-37(50)27-25-35)29-28-49(31-34-20-16-15-17-21-34)40(60-62(13,14)48(7,8)9)33-54(44(49)56)41-38-23-19-18-22-36(38)30-39(41)59-61(11,12)47(4,5)6/h15-27,39-42H,28-33H2,1-14H3,(H,51,57)(H,52,55)/t39-,40+,41?,42-,49+/m1/s1. The van der Waals surface area contributed by atoms with E-state index in [4.69, 9.17) is 13.6 Å². The smallest absolute Gasteiger partial charge is 0.407 e. The Morgan fingerprint density at radius 3 is 2.00 bits per heavy atom. The first-order chi connectivity index (χ1) is 28.7. The molecule has 5 atom stereocenters. The summed E-state index contributed by atoms with van der Waals surface area (Å²) in [5, 5.41) is 4.51. The van der Waals surface area contributed by atoms with Crippen molar-refractivity contribution >= 4 is 50.5 Å². The van der Waals surface area contributed by atoms with Crippen molar-refractivity contribution in [3.05, 3.63) is 106 Å². The average molecular weight is 950 g/mol. The number of benzene rings is 3. The number of fused-ring (bicyclic) bond motifs is 1. The number of rotatable bonds is 15. The fourth-order valence-electron chi connectivity index (χ4n) is 8.25. The van der Waals surface area contributed by atoms with Crippen molar-refractivity contribution in [2.75, 3.05) is 20.2 Å². The number of methoxy groups -OCH3 is 1. The molecular formula is C49H73BrN4O6Si2. The van der Waals surface area contributed by atoms with Gasteiger partial charge in [-0.2, -0.15) is 0 Å². The Morgan fingerprint density at radius 1 is 0.839 bits per heavy atom. The van der Waals surface area contributed by atoms with Crippen LogP contribution in [0.2, 0.25) is 36.3 Å². The van der Waals surface area contributed by atoms with Crippen molar-refractivity contribution in [3.8, 4) is 0 Å². The van der Waals surface area contributed by atoms with Gasteiger partial charge in [0.15, 0.2) is 16.6 Å². The van der Waals surface area contributed by atoms with Gasteiger partial charge in [-0.15, -0.1) is 0 Å². The van der Waals surface area contributed by atoms with Crippen LogP contribution in [0.5, 0.6) is 0 Å². The second-order valence-corrected chi connectivity index (χ2v) is 32.0. The number of likely N-dealkylation sites (tertiary alicyclic amines) is 1. The molecule has 3 aromatic rings. The van der Waals surface area contributed by atoms with E-state index < -0.39 is 45.7 Å². The molecule has 1 saturated heterocycles. The molecule has 0 saturated carbocycles. The number of hydrazine groups is 1. The second-order valence-electron chi connectivity index (χ2n) is 21.6. The first-order valence-corrected chi connectivity index (χ1v) is 28.7. The molecule has 0 bridgehead atoms. The number of nitrogens with one attached hydrogen (secondary N) is 2. The number of nitrogens with zero attached hydrogens (tertiary/aromatic N) is 2. The molecular weight excluding hydrogens is 877 g/mol. The van der Waals surface area contributed by atoms with Crippen LogP contribution in [0.25, 0.3) is 0 Å². The minimum atomic E-state index is -2.47. The van der Waals surface area contributed by atoms with Crippen LogP contribution >= 0.6 is 15.9 Å². The van der Waals surface area contributed by atoms with E-state index in [9.17, 15) is 9.59 Å². The highest BCUT2D eigenvalue weighted by Crippen LogP contribution is 2.51. The lowest BCUT2D eigenvalue weighted by Crippen LogP contribution is -2.58. The maximum absolute atomic E-state index is 16.2. The molecule has 3 aromatic carbocycles. The molecule has 0 radical (unpaired) electrons. The van der Waals surface area contributed by atoms with Crippen LogP contribution in [0.15, 0.2) is 83.3 Å². The van der Waals surface area contributed by atoms with Gasteiger partial charge in [0.25, 0.3) is 5.91 Å². The molecule has 2 aliphatic rings. The molecule has 10 nitrogen and oxygen atoms in total. The predicted octanol–water partition coefficient (Wildman–Crippen LogP) is 10.6. The molecule has 1 aliphatic heterocycles. The third-order valence-electron chi connectivity index (χ3n) is 14.0. The Morgan fingerprint density at radius 2 is 1.42 bits per heavy atom. The number of amides is 3. The van der Waals surface area contributed by atoms with Gasteiger partial charge in [0.2, 0.25) is 5.91 Å². The molecule has 0 aromatic heterocycles. The summed E-state index contributed by atoms with van der Waals surface area (Å²) in [6.07, 6.45) is 0.235. The highest BCUT2D eigenvalue weighted by atomic mass is 79.9. The monoisotopic (exact) mass is 948 g/mol. The van der Waals surface area contributed by atoms with E-state index in [2.05, 4.69) is 136 Å². The first-order valence-electron chi connectivity index (χ1n) is 22.1. The molecule has 62 heavy (non-hydrogen) atoms. The zero-order chi connectivity index (χ0) is 46.1. The van der Waals surface area contributed by atoms with Crippen LogP contribution in [-0.2, 0) is 42.6 Å². The quantitative estimate of drug-likeness (QED) is 0.115. The number of halogens is 1. The topological polar surface area (TPSA) is 109 Å². The molecule has 1 heterocycles. The third-order valence-corrected chi connectivity index (χ3v) is 23.5. The zero-order valence-electron chi connectivity index (χ0n) is 39.8. The van der Waals surface area contributed by atoms with E-state index in [0.29, 0.717) is 32.5 Å². The van der Waals surface area contributed by atoms with E-state index in [1.54, 1.807) is 0 Å². The minimum absolute atomic E-state index is 0.0204. The molecule has 0 spiro atoms. The SMILES string of the molecule is COC(=O)N[C@H](C(=O)NN(CC[C@@]1(Cc2ccccc2)C(=O)N(C2c3ccccc3C[C@H]2O[Si](C)(C)C(C)(C)C)C[C@@H]1O[Si](C)(C)C(C)(C)C)Cc1ccc(Br)cc1)C(C)(C)C. The minimum Gasteiger partial charge on any atom is -0.453 e. The maximum Gasteiger partial charge on any atom is 0.407 e. The number of ether oxygens (including phenoxy) is 1. The summed E-state index contributed by atoms with van der Waals surface area (Å²) in [7, 11) is -3.46. The Balaban J connectivity index is 1.64. The van der Waals surface area contributed by atoms with E-state index in [1.165, 1.54) is 12.7 Å². The molecule has 13 heteroatoms. The van der Waals surface area contributed by atoms with E-state index >= 15 is 4.79 Å². The van der Waals surface area contributed by atoms with Crippen LogP contribution in [0.3, 0.4) is 0 Å². The summed E-state index contributed by atoms with van der Waals surface area (Å²) < 4.78 is 20.7. The normalized spacial score (nSPS) is 21.5. The Hall–Kier alpha value is -3.34. The van der Waals surface area contributed by atoms with Crippen molar-refractivity contribution in [1.29, 1.82) is 0 Å². The fraction of sp³-hybridized carbons (Fsp3) is 0.571. The molecule has 340 valence electrons. The van der Waals surface area contributed by atoms with Crippen molar-refractivity contribution in [1.82, 2.24) is 20.7 Å². The van der Waals surface area contributed by atoms with Crippen molar-refractivity contribution < 1.29 is 28.0 Å². The summed E-state index contributed by atoms with van der Waals surface area (Å²) in [6.45, 7) is 29.4. The van der Waals surface area contributed by atoms with Gasteiger partial charge in [0, 0.05) is 30.5 Å². The lowest BCUT2D eigenvalue weighted by atomic mass is 9.75. The Kier molecular flexibility index (Phi) is 15.2. The van der Waals surface area contributed by atoms with Crippen LogP contribution in [0.1, 0.15) is 97.0 Å². The molecule has 5 rings (SSSR count). The third kappa shape index (κ3) is 11.3. The molecule has 3 amide bonds. The highest BCUT2D eigenvalue weighted by Gasteiger charge is 2.60. The highest BCUT2D eigenvalue weighted by molar-refractivity contribution is 9.10. The molecule has 1 unspecified atom stereocenters. The van der Waals surface area contributed by atoms with Gasteiger partial charge in [-0.25, -0.2) is 9.80 Å². The van der Waals surface area contributed by atoms with Crippen molar-refractivity contribution in [2.24, 2.45) is 10.8 Å².